The third-order valence-corrected chi connectivity index (χ3v) is 2.57. The average molecular weight is 222 g/mol. The van der Waals surface area contributed by atoms with Gasteiger partial charge in [-0.15, -0.1) is 0 Å². The molecule has 1 atom stereocenters. The van der Waals surface area contributed by atoms with Crippen LogP contribution in [-0.4, -0.2) is 17.2 Å². The van der Waals surface area contributed by atoms with Crippen molar-refractivity contribution < 1.29 is 0 Å². The summed E-state index contributed by atoms with van der Waals surface area (Å²) in [6.45, 7) is 8.22. The summed E-state index contributed by atoms with van der Waals surface area (Å²) >= 11 is 0. The SMILES string of the molecule is CC(C)CC(C)NCCn1ccccc1=O. The molecule has 0 bridgehead atoms. The largest absolute Gasteiger partial charge is 0.314 e. The molecule has 0 saturated carbocycles. The van der Waals surface area contributed by atoms with Crippen molar-refractivity contribution in [2.75, 3.05) is 6.54 Å². The van der Waals surface area contributed by atoms with Crippen molar-refractivity contribution in [2.24, 2.45) is 5.92 Å². The molecule has 1 aromatic rings. The first-order chi connectivity index (χ1) is 7.59. The Morgan fingerprint density at radius 1 is 1.31 bits per heavy atom. The molecule has 0 aliphatic carbocycles. The molecule has 3 nitrogen and oxygen atoms in total. The Kier molecular flexibility index (Phi) is 5.26. The van der Waals surface area contributed by atoms with E-state index in [1.54, 1.807) is 16.7 Å². The third-order valence-electron chi connectivity index (χ3n) is 2.57. The topological polar surface area (TPSA) is 34.0 Å². The number of rotatable bonds is 6. The highest BCUT2D eigenvalue weighted by molar-refractivity contribution is 4.93. The molecule has 0 aliphatic heterocycles. The molecule has 0 fully saturated rings. The smallest absolute Gasteiger partial charge is 0.250 e. The predicted molar refractivity (Wildman–Crippen MR) is 67.6 cm³/mol. The molecule has 0 spiro atoms. The monoisotopic (exact) mass is 222 g/mol. The van der Waals surface area contributed by atoms with Gasteiger partial charge in [0.1, 0.15) is 0 Å². The number of hydrogen-bond donors (Lipinski definition) is 1. The predicted octanol–water partition coefficient (Wildman–Crippen LogP) is 1.87. The molecule has 1 rings (SSSR count). The molecule has 1 unspecified atom stereocenters. The zero-order valence-electron chi connectivity index (χ0n) is 10.4. The second-order valence-electron chi connectivity index (χ2n) is 4.72. The van der Waals surface area contributed by atoms with E-state index < -0.39 is 0 Å². The number of aromatic nitrogens is 1. The summed E-state index contributed by atoms with van der Waals surface area (Å²) in [5.74, 6) is 0.710. The Bertz CT molecular complexity index is 357. The van der Waals surface area contributed by atoms with Gasteiger partial charge < -0.3 is 9.88 Å². The molecule has 0 aliphatic rings. The van der Waals surface area contributed by atoms with Gasteiger partial charge in [-0.3, -0.25) is 4.79 Å². The number of hydrogen-bond acceptors (Lipinski definition) is 2. The molecular formula is C13H22N2O. The van der Waals surface area contributed by atoms with Gasteiger partial charge in [-0.2, -0.15) is 0 Å². The quantitative estimate of drug-likeness (QED) is 0.797. The van der Waals surface area contributed by atoms with E-state index >= 15 is 0 Å². The summed E-state index contributed by atoms with van der Waals surface area (Å²) in [7, 11) is 0. The van der Waals surface area contributed by atoms with Crippen LogP contribution in [-0.2, 0) is 6.54 Å². The van der Waals surface area contributed by atoms with Gasteiger partial charge in [0.25, 0.3) is 5.56 Å². The molecular weight excluding hydrogens is 200 g/mol. The first-order valence-corrected chi connectivity index (χ1v) is 5.98. The van der Waals surface area contributed by atoms with Crippen molar-refractivity contribution in [3.63, 3.8) is 0 Å². The Morgan fingerprint density at radius 3 is 2.69 bits per heavy atom. The van der Waals surface area contributed by atoms with Crippen molar-refractivity contribution in [2.45, 2.75) is 39.8 Å². The van der Waals surface area contributed by atoms with Crippen LogP contribution in [0, 0.1) is 5.92 Å². The maximum Gasteiger partial charge on any atom is 0.250 e. The molecule has 1 aromatic heterocycles. The Hall–Kier alpha value is -1.09. The summed E-state index contributed by atoms with van der Waals surface area (Å²) < 4.78 is 1.73. The summed E-state index contributed by atoms with van der Waals surface area (Å²) in [6, 6.07) is 5.77. The van der Waals surface area contributed by atoms with E-state index in [2.05, 4.69) is 26.1 Å². The molecule has 0 radical (unpaired) electrons. The second kappa shape index (κ2) is 6.48. The van der Waals surface area contributed by atoms with Gasteiger partial charge in [0.2, 0.25) is 0 Å². The summed E-state index contributed by atoms with van der Waals surface area (Å²) in [4.78, 5) is 11.4. The number of nitrogens with one attached hydrogen (secondary N) is 1. The normalized spacial score (nSPS) is 13.0. The van der Waals surface area contributed by atoms with Crippen LogP contribution < -0.4 is 10.9 Å². The lowest BCUT2D eigenvalue weighted by molar-refractivity contribution is 0.430. The molecule has 16 heavy (non-hydrogen) atoms. The lowest BCUT2D eigenvalue weighted by atomic mass is 10.1. The highest BCUT2D eigenvalue weighted by atomic mass is 16.1. The average Bonchev–Trinajstić information content (AvgIpc) is 2.19. The Balaban J connectivity index is 2.31. The molecule has 90 valence electrons. The van der Waals surface area contributed by atoms with Gasteiger partial charge in [-0.1, -0.05) is 19.9 Å². The van der Waals surface area contributed by atoms with Crippen LogP contribution in [0.1, 0.15) is 27.2 Å². The van der Waals surface area contributed by atoms with E-state index in [1.807, 2.05) is 12.3 Å². The Labute approximate surface area is 97.5 Å². The highest BCUT2D eigenvalue weighted by Crippen LogP contribution is 2.03. The maximum atomic E-state index is 11.4. The minimum absolute atomic E-state index is 0.0702. The minimum Gasteiger partial charge on any atom is -0.314 e. The van der Waals surface area contributed by atoms with Crippen molar-refractivity contribution in [1.29, 1.82) is 0 Å². The van der Waals surface area contributed by atoms with E-state index in [4.69, 9.17) is 0 Å². The van der Waals surface area contributed by atoms with E-state index in [-0.39, 0.29) is 5.56 Å². The zero-order chi connectivity index (χ0) is 12.0. The van der Waals surface area contributed by atoms with Crippen LogP contribution >= 0.6 is 0 Å². The second-order valence-corrected chi connectivity index (χ2v) is 4.72. The van der Waals surface area contributed by atoms with E-state index in [1.165, 1.54) is 6.42 Å². The first kappa shape index (κ1) is 13.0. The standard InChI is InChI=1S/C13H22N2O/c1-11(2)10-12(3)14-7-9-15-8-5-4-6-13(15)16/h4-6,8,11-12,14H,7,9-10H2,1-3H3. The summed E-state index contributed by atoms with van der Waals surface area (Å²) in [6.07, 6.45) is 3.00. The van der Waals surface area contributed by atoms with Crippen LogP contribution in [0.15, 0.2) is 29.2 Å². The van der Waals surface area contributed by atoms with Crippen molar-refractivity contribution in [3.05, 3.63) is 34.7 Å². The lowest BCUT2D eigenvalue weighted by Gasteiger charge is -2.16. The van der Waals surface area contributed by atoms with E-state index in [9.17, 15) is 4.79 Å². The van der Waals surface area contributed by atoms with Crippen molar-refractivity contribution >= 4 is 0 Å². The van der Waals surface area contributed by atoms with Crippen molar-refractivity contribution in [3.8, 4) is 0 Å². The van der Waals surface area contributed by atoms with Crippen LogP contribution in [0.5, 0.6) is 0 Å². The van der Waals surface area contributed by atoms with Gasteiger partial charge in [-0.05, 0) is 25.3 Å². The summed E-state index contributed by atoms with van der Waals surface area (Å²) in [5.41, 5.74) is 0.0702. The van der Waals surface area contributed by atoms with Crippen LogP contribution in [0.25, 0.3) is 0 Å². The zero-order valence-corrected chi connectivity index (χ0v) is 10.4. The van der Waals surface area contributed by atoms with Gasteiger partial charge >= 0.3 is 0 Å². The Morgan fingerprint density at radius 2 is 2.06 bits per heavy atom. The number of nitrogens with zero attached hydrogens (tertiary/aromatic N) is 1. The van der Waals surface area contributed by atoms with Gasteiger partial charge in [-0.25, -0.2) is 0 Å². The fourth-order valence-electron chi connectivity index (χ4n) is 1.87. The van der Waals surface area contributed by atoms with Crippen LogP contribution in [0.4, 0.5) is 0 Å². The van der Waals surface area contributed by atoms with E-state index in [0.29, 0.717) is 12.0 Å². The molecule has 3 heteroatoms. The van der Waals surface area contributed by atoms with Gasteiger partial charge in [0.05, 0.1) is 0 Å². The van der Waals surface area contributed by atoms with Gasteiger partial charge in [0, 0.05) is 31.4 Å². The van der Waals surface area contributed by atoms with Crippen molar-refractivity contribution in [1.82, 2.24) is 9.88 Å². The van der Waals surface area contributed by atoms with Crippen LogP contribution in [0.2, 0.25) is 0 Å². The van der Waals surface area contributed by atoms with Gasteiger partial charge in [0.15, 0.2) is 0 Å². The fourth-order valence-corrected chi connectivity index (χ4v) is 1.87. The highest BCUT2D eigenvalue weighted by Gasteiger charge is 2.03. The third kappa shape index (κ3) is 4.62. The molecule has 0 saturated heterocycles. The summed E-state index contributed by atoms with van der Waals surface area (Å²) in [5, 5.41) is 3.43. The van der Waals surface area contributed by atoms with Crippen LogP contribution in [0.3, 0.4) is 0 Å². The molecule has 0 amide bonds. The first-order valence-electron chi connectivity index (χ1n) is 5.98. The lowest BCUT2D eigenvalue weighted by Crippen LogP contribution is -2.32. The van der Waals surface area contributed by atoms with E-state index in [0.717, 1.165) is 13.1 Å². The molecule has 0 aromatic carbocycles. The fraction of sp³-hybridized carbons (Fsp3) is 0.615. The maximum absolute atomic E-state index is 11.4. The molecule has 1 N–H and O–H groups in total. The number of pyridine rings is 1. The molecule has 1 heterocycles. The minimum atomic E-state index is 0.0702.